The number of hydrogen-bond donors (Lipinski definition) is 0. The SMILES string of the molecule is CC(=O)Oc1ccc(N2C(=O)CC(N(Cc3ccc4c(c3)OCO4)C(=O)c3ccco3)C2=O)cc1. The van der Waals surface area contributed by atoms with Gasteiger partial charge in [0.15, 0.2) is 17.3 Å². The van der Waals surface area contributed by atoms with E-state index in [2.05, 4.69) is 0 Å². The Morgan fingerprint density at radius 3 is 2.54 bits per heavy atom. The van der Waals surface area contributed by atoms with Crippen LogP contribution in [0.4, 0.5) is 5.69 Å². The lowest BCUT2D eigenvalue weighted by atomic mass is 10.1. The van der Waals surface area contributed by atoms with Gasteiger partial charge in [0.05, 0.1) is 18.4 Å². The zero-order valence-corrected chi connectivity index (χ0v) is 18.6. The number of hydrogen-bond acceptors (Lipinski definition) is 8. The number of furan rings is 1. The number of esters is 1. The van der Waals surface area contributed by atoms with Crippen LogP contribution in [0.3, 0.4) is 0 Å². The molecule has 0 spiro atoms. The molecule has 1 atom stereocenters. The Labute approximate surface area is 199 Å². The third kappa shape index (κ3) is 4.33. The Hall–Kier alpha value is -4.60. The molecule has 3 amide bonds. The van der Waals surface area contributed by atoms with Crippen LogP contribution in [0.15, 0.2) is 65.3 Å². The van der Waals surface area contributed by atoms with Crippen LogP contribution in [-0.4, -0.2) is 41.4 Å². The van der Waals surface area contributed by atoms with Crippen LogP contribution >= 0.6 is 0 Å². The fraction of sp³-hybridized carbons (Fsp3) is 0.200. The molecule has 0 saturated carbocycles. The molecule has 5 rings (SSSR count). The van der Waals surface area contributed by atoms with E-state index in [0.29, 0.717) is 22.7 Å². The van der Waals surface area contributed by atoms with Gasteiger partial charge in [-0.25, -0.2) is 4.90 Å². The highest BCUT2D eigenvalue weighted by Gasteiger charge is 2.45. The summed E-state index contributed by atoms with van der Waals surface area (Å²) >= 11 is 0. The largest absolute Gasteiger partial charge is 0.459 e. The van der Waals surface area contributed by atoms with Gasteiger partial charge < -0.3 is 23.5 Å². The van der Waals surface area contributed by atoms with E-state index < -0.39 is 29.7 Å². The van der Waals surface area contributed by atoms with E-state index >= 15 is 0 Å². The van der Waals surface area contributed by atoms with Gasteiger partial charge in [-0.1, -0.05) is 6.07 Å². The fourth-order valence-electron chi connectivity index (χ4n) is 4.06. The molecule has 0 bridgehead atoms. The summed E-state index contributed by atoms with van der Waals surface area (Å²) in [5.41, 5.74) is 1.01. The van der Waals surface area contributed by atoms with Crippen molar-refractivity contribution in [3.63, 3.8) is 0 Å². The second-order valence-electron chi connectivity index (χ2n) is 7.97. The van der Waals surface area contributed by atoms with Crippen LogP contribution in [0.2, 0.25) is 0 Å². The van der Waals surface area contributed by atoms with Gasteiger partial charge in [-0.3, -0.25) is 19.2 Å². The molecule has 2 aliphatic heterocycles. The van der Waals surface area contributed by atoms with Gasteiger partial charge in [-0.2, -0.15) is 0 Å². The molecule has 35 heavy (non-hydrogen) atoms. The Kier molecular flexibility index (Phi) is 5.69. The molecular weight excluding hydrogens is 456 g/mol. The predicted molar refractivity (Wildman–Crippen MR) is 120 cm³/mol. The summed E-state index contributed by atoms with van der Waals surface area (Å²) in [6, 6.07) is 13.3. The van der Waals surface area contributed by atoms with Crippen molar-refractivity contribution >= 4 is 29.4 Å². The van der Waals surface area contributed by atoms with E-state index in [-0.39, 0.29) is 31.3 Å². The van der Waals surface area contributed by atoms with Gasteiger partial charge in [0.2, 0.25) is 12.7 Å². The van der Waals surface area contributed by atoms with Gasteiger partial charge in [0.25, 0.3) is 11.8 Å². The molecule has 3 heterocycles. The first-order valence-electron chi connectivity index (χ1n) is 10.8. The van der Waals surface area contributed by atoms with Gasteiger partial charge >= 0.3 is 5.97 Å². The molecule has 0 radical (unpaired) electrons. The van der Waals surface area contributed by atoms with Crippen LogP contribution < -0.4 is 19.1 Å². The lowest BCUT2D eigenvalue weighted by Gasteiger charge is -2.27. The quantitative estimate of drug-likeness (QED) is 0.303. The number of carbonyl (C=O) groups excluding carboxylic acids is 4. The highest BCUT2D eigenvalue weighted by Crippen LogP contribution is 2.34. The Morgan fingerprint density at radius 1 is 1.06 bits per heavy atom. The van der Waals surface area contributed by atoms with Crippen molar-refractivity contribution in [2.45, 2.75) is 25.9 Å². The summed E-state index contributed by atoms with van der Waals surface area (Å²) in [6.45, 7) is 1.42. The minimum absolute atomic E-state index is 0.0408. The van der Waals surface area contributed by atoms with Gasteiger partial charge in [-0.05, 0) is 54.1 Å². The summed E-state index contributed by atoms with van der Waals surface area (Å²) in [4.78, 5) is 53.1. The molecule has 0 aliphatic carbocycles. The number of rotatable bonds is 6. The van der Waals surface area contributed by atoms with E-state index in [9.17, 15) is 19.2 Å². The van der Waals surface area contributed by atoms with Crippen LogP contribution in [0, 0.1) is 0 Å². The molecule has 2 aliphatic rings. The molecule has 1 aromatic heterocycles. The summed E-state index contributed by atoms with van der Waals surface area (Å²) in [6.07, 6.45) is 1.17. The number of nitrogens with zero attached hydrogens (tertiary/aromatic N) is 2. The molecule has 3 aromatic rings. The van der Waals surface area contributed by atoms with Crippen molar-refractivity contribution < 1.29 is 37.8 Å². The van der Waals surface area contributed by atoms with E-state index in [1.54, 1.807) is 24.3 Å². The van der Waals surface area contributed by atoms with Crippen LogP contribution in [-0.2, 0) is 20.9 Å². The minimum atomic E-state index is -1.04. The first-order chi connectivity index (χ1) is 16.9. The second-order valence-corrected chi connectivity index (χ2v) is 7.97. The van der Waals surface area contributed by atoms with Crippen molar-refractivity contribution in [1.29, 1.82) is 0 Å². The molecule has 1 fully saturated rings. The lowest BCUT2D eigenvalue weighted by molar-refractivity contribution is -0.132. The van der Waals surface area contributed by atoms with E-state index in [4.69, 9.17) is 18.6 Å². The Balaban J connectivity index is 1.43. The normalized spacial score (nSPS) is 16.5. The second kappa shape index (κ2) is 8.98. The zero-order valence-electron chi connectivity index (χ0n) is 18.6. The zero-order chi connectivity index (χ0) is 24.5. The number of anilines is 1. The number of benzene rings is 2. The van der Waals surface area contributed by atoms with Crippen LogP contribution in [0.1, 0.15) is 29.5 Å². The van der Waals surface area contributed by atoms with Crippen molar-refractivity contribution in [3.05, 3.63) is 72.2 Å². The molecule has 10 nitrogen and oxygen atoms in total. The number of imide groups is 1. The number of amides is 3. The summed E-state index contributed by atoms with van der Waals surface area (Å²) < 4.78 is 21.0. The van der Waals surface area contributed by atoms with Gasteiger partial charge in [-0.15, -0.1) is 0 Å². The monoisotopic (exact) mass is 476 g/mol. The first kappa shape index (κ1) is 22.2. The van der Waals surface area contributed by atoms with E-state index in [1.165, 1.54) is 48.4 Å². The minimum Gasteiger partial charge on any atom is -0.459 e. The van der Waals surface area contributed by atoms with Crippen LogP contribution in [0.5, 0.6) is 17.2 Å². The summed E-state index contributed by atoms with van der Waals surface area (Å²) in [5.74, 6) is -0.541. The van der Waals surface area contributed by atoms with E-state index in [0.717, 1.165) is 4.90 Å². The maximum Gasteiger partial charge on any atom is 0.308 e. The third-order valence-corrected chi connectivity index (χ3v) is 5.64. The summed E-state index contributed by atoms with van der Waals surface area (Å²) in [7, 11) is 0. The maximum absolute atomic E-state index is 13.4. The average molecular weight is 476 g/mol. The number of ether oxygens (including phenoxy) is 3. The molecule has 178 valence electrons. The lowest BCUT2D eigenvalue weighted by Crippen LogP contribution is -2.45. The smallest absolute Gasteiger partial charge is 0.308 e. The predicted octanol–water partition coefficient (Wildman–Crippen LogP) is 2.91. The Morgan fingerprint density at radius 2 is 1.83 bits per heavy atom. The van der Waals surface area contributed by atoms with Gasteiger partial charge in [0, 0.05) is 13.5 Å². The van der Waals surface area contributed by atoms with Crippen LogP contribution in [0.25, 0.3) is 0 Å². The standard InChI is InChI=1S/C25H20N2O8/c1-15(28)35-18-7-5-17(6-8-18)27-23(29)12-19(24(27)30)26(25(31)21-3-2-10-32-21)13-16-4-9-20-22(11-16)34-14-33-20/h2-11,19H,12-14H2,1H3. The molecule has 10 heteroatoms. The Bertz CT molecular complexity index is 1300. The summed E-state index contributed by atoms with van der Waals surface area (Å²) in [5, 5.41) is 0. The third-order valence-electron chi connectivity index (χ3n) is 5.64. The number of carbonyl (C=O) groups is 4. The first-order valence-corrected chi connectivity index (χ1v) is 10.8. The molecule has 2 aromatic carbocycles. The highest BCUT2D eigenvalue weighted by molar-refractivity contribution is 6.23. The average Bonchev–Trinajstić information content (AvgIpc) is 3.58. The van der Waals surface area contributed by atoms with Gasteiger partial charge in [0.1, 0.15) is 11.8 Å². The number of fused-ring (bicyclic) bond motifs is 1. The highest BCUT2D eigenvalue weighted by atomic mass is 16.7. The molecule has 1 saturated heterocycles. The van der Waals surface area contributed by atoms with E-state index in [1.807, 2.05) is 0 Å². The van der Waals surface area contributed by atoms with Crippen molar-refractivity contribution in [2.24, 2.45) is 0 Å². The maximum atomic E-state index is 13.4. The molecular formula is C25H20N2O8. The van der Waals surface area contributed by atoms with Crippen molar-refractivity contribution in [1.82, 2.24) is 4.90 Å². The fourth-order valence-corrected chi connectivity index (χ4v) is 4.06. The topological polar surface area (TPSA) is 116 Å². The van der Waals surface area contributed by atoms with Crippen molar-refractivity contribution in [2.75, 3.05) is 11.7 Å². The molecule has 1 unspecified atom stereocenters. The molecule has 0 N–H and O–H groups in total. The van der Waals surface area contributed by atoms with Crippen molar-refractivity contribution in [3.8, 4) is 17.2 Å².